The van der Waals surface area contributed by atoms with Gasteiger partial charge in [-0.3, -0.25) is 4.79 Å². The number of sulfonamides is 1. The van der Waals surface area contributed by atoms with E-state index in [9.17, 15) is 13.2 Å². The van der Waals surface area contributed by atoms with E-state index in [1.54, 1.807) is 31.0 Å². The van der Waals surface area contributed by atoms with Crippen LogP contribution in [0.25, 0.3) is 0 Å². The Morgan fingerprint density at radius 1 is 1.41 bits per heavy atom. The number of amides is 1. The Balaban J connectivity index is 2.44. The molecule has 0 aromatic heterocycles. The maximum atomic E-state index is 11.8. The average Bonchev–Trinajstić information content (AvgIpc) is 2.54. The zero-order valence-electron chi connectivity index (χ0n) is 9.73. The van der Waals surface area contributed by atoms with Crippen LogP contribution in [0.1, 0.15) is 12.5 Å². The van der Waals surface area contributed by atoms with Gasteiger partial charge in [-0.15, -0.1) is 0 Å². The van der Waals surface area contributed by atoms with Crippen molar-refractivity contribution in [3.8, 4) is 0 Å². The van der Waals surface area contributed by atoms with Crippen LogP contribution in [-0.2, 0) is 21.2 Å². The predicted octanol–water partition coefficient (Wildman–Crippen LogP) is 0.504. The van der Waals surface area contributed by atoms with E-state index in [0.29, 0.717) is 6.54 Å². The van der Waals surface area contributed by atoms with Crippen molar-refractivity contribution in [2.75, 3.05) is 18.5 Å². The van der Waals surface area contributed by atoms with E-state index in [-0.39, 0.29) is 17.2 Å². The number of rotatable bonds is 3. The topological polar surface area (TPSA) is 66.5 Å². The molecule has 92 valence electrons. The molecule has 0 bridgehead atoms. The van der Waals surface area contributed by atoms with E-state index >= 15 is 0 Å². The second kappa shape index (κ2) is 4.12. The third-order valence-corrected chi connectivity index (χ3v) is 4.32. The molecule has 0 saturated carbocycles. The van der Waals surface area contributed by atoms with Crippen molar-refractivity contribution < 1.29 is 13.2 Å². The van der Waals surface area contributed by atoms with E-state index in [1.807, 2.05) is 0 Å². The van der Waals surface area contributed by atoms with Gasteiger partial charge >= 0.3 is 0 Å². The third-order valence-electron chi connectivity index (χ3n) is 2.77. The second-order valence-corrected chi connectivity index (χ2v) is 5.69. The molecular weight excluding hydrogens is 240 g/mol. The summed E-state index contributed by atoms with van der Waals surface area (Å²) >= 11 is 0. The van der Waals surface area contributed by atoms with Crippen molar-refractivity contribution in [3.05, 3.63) is 23.8 Å². The van der Waals surface area contributed by atoms with Gasteiger partial charge in [-0.2, -0.15) is 0 Å². The van der Waals surface area contributed by atoms with Gasteiger partial charge in [0.05, 0.1) is 11.3 Å². The zero-order chi connectivity index (χ0) is 12.6. The molecule has 1 amide bonds. The van der Waals surface area contributed by atoms with Crippen LogP contribution in [-0.4, -0.2) is 27.9 Å². The predicted molar refractivity (Wildman–Crippen MR) is 64.4 cm³/mol. The van der Waals surface area contributed by atoms with Crippen molar-refractivity contribution in [2.45, 2.75) is 18.2 Å². The molecule has 1 aromatic rings. The van der Waals surface area contributed by atoms with E-state index in [0.717, 1.165) is 11.3 Å². The molecule has 0 radical (unpaired) electrons. The van der Waals surface area contributed by atoms with Gasteiger partial charge in [0.15, 0.2) is 0 Å². The Bertz CT molecular complexity index is 566. The first-order valence-corrected chi connectivity index (χ1v) is 6.83. The van der Waals surface area contributed by atoms with Crippen molar-refractivity contribution in [1.82, 2.24) is 4.72 Å². The Morgan fingerprint density at radius 2 is 2.12 bits per heavy atom. The largest absolute Gasteiger partial charge is 0.315 e. The fourth-order valence-electron chi connectivity index (χ4n) is 1.89. The number of likely N-dealkylation sites (N-methyl/N-ethyl adjacent to an activating group) is 1. The van der Waals surface area contributed by atoms with Crippen molar-refractivity contribution in [1.29, 1.82) is 0 Å². The summed E-state index contributed by atoms with van der Waals surface area (Å²) in [6, 6.07) is 4.76. The molecule has 0 atom stereocenters. The number of nitrogens with one attached hydrogen (secondary N) is 1. The fourth-order valence-corrected chi connectivity index (χ4v) is 2.98. The smallest absolute Gasteiger partial charge is 0.240 e. The summed E-state index contributed by atoms with van der Waals surface area (Å²) in [5, 5.41) is 0. The zero-order valence-corrected chi connectivity index (χ0v) is 10.5. The van der Waals surface area contributed by atoms with Crippen molar-refractivity contribution >= 4 is 21.6 Å². The van der Waals surface area contributed by atoms with Gasteiger partial charge < -0.3 is 4.90 Å². The van der Waals surface area contributed by atoms with E-state index < -0.39 is 10.0 Å². The highest BCUT2D eigenvalue weighted by molar-refractivity contribution is 7.89. The lowest BCUT2D eigenvalue weighted by Crippen LogP contribution is -2.23. The molecule has 5 nitrogen and oxygen atoms in total. The van der Waals surface area contributed by atoms with Gasteiger partial charge in [0.1, 0.15) is 0 Å². The maximum absolute atomic E-state index is 11.8. The van der Waals surface area contributed by atoms with Gasteiger partial charge in [0.2, 0.25) is 15.9 Å². The van der Waals surface area contributed by atoms with E-state index in [2.05, 4.69) is 4.72 Å². The van der Waals surface area contributed by atoms with Crippen LogP contribution in [0.3, 0.4) is 0 Å². The van der Waals surface area contributed by atoms with Crippen LogP contribution in [0.15, 0.2) is 23.1 Å². The lowest BCUT2D eigenvalue weighted by atomic mass is 10.2. The van der Waals surface area contributed by atoms with Gasteiger partial charge in [-0.25, -0.2) is 13.1 Å². The molecule has 6 heteroatoms. The van der Waals surface area contributed by atoms with Crippen LogP contribution in [0.4, 0.5) is 5.69 Å². The summed E-state index contributed by atoms with van der Waals surface area (Å²) < 4.78 is 26.0. The molecule has 1 aromatic carbocycles. The van der Waals surface area contributed by atoms with Gasteiger partial charge in [0.25, 0.3) is 0 Å². The minimum absolute atomic E-state index is 0.0157. The number of nitrogens with zero attached hydrogens (tertiary/aromatic N) is 1. The normalized spacial score (nSPS) is 15.2. The minimum atomic E-state index is -3.45. The first-order chi connectivity index (χ1) is 7.95. The summed E-state index contributed by atoms with van der Waals surface area (Å²) in [4.78, 5) is 13.2. The third kappa shape index (κ3) is 2.05. The molecule has 2 rings (SSSR count). The summed E-state index contributed by atoms with van der Waals surface area (Å²) in [6.45, 7) is 2.07. The lowest BCUT2D eigenvalue weighted by Gasteiger charge is -2.10. The number of carbonyl (C=O) groups excluding carboxylic acids is 1. The molecule has 0 spiro atoms. The molecule has 1 heterocycles. The van der Waals surface area contributed by atoms with Crippen LogP contribution in [0.2, 0.25) is 0 Å². The SMILES string of the molecule is CCNS(=O)(=O)c1ccc2c(c1)CC(=O)N2C. The number of fused-ring (bicyclic) bond motifs is 1. The fraction of sp³-hybridized carbons (Fsp3) is 0.364. The Kier molecular flexibility index (Phi) is 2.92. The quantitative estimate of drug-likeness (QED) is 0.854. The molecule has 0 aliphatic carbocycles. The molecule has 1 aliphatic rings. The molecule has 17 heavy (non-hydrogen) atoms. The van der Waals surface area contributed by atoms with Gasteiger partial charge in [0, 0.05) is 19.3 Å². The van der Waals surface area contributed by atoms with Crippen molar-refractivity contribution in [3.63, 3.8) is 0 Å². The van der Waals surface area contributed by atoms with Crippen LogP contribution in [0, 0.1) is 0 Å². The summed E-state index contributed by atoms with van der Waals surface area (Å²) in [5.41, 5.74) is 1.54. The van der Waals surface area contributed by atoms with Crippen molar-refractivity contribution in [2.24, 2.45) is 0 Å². The summed E-state index contributed by atoms with van der Waals surface area (Å²) in [7, 11) is -1.76. The summed E-state index contributed by atoms with van der Waals surface area (Å²) in [5.74, 6) is -0.0157. The Morgan fingerprint density at radius 3 is 2.76 bits per heavy atom. The first-order valence-electron chi connectivity index (χ1n) is 5.35. The molecule has 0 fully saturated rings. The highest BCUT2D eigenvalue weighted by Gasteiger charge is 2.25. The van der Waals surface area contributed by atoms with Gasteiger partial charge in [-0.05, 0) is 23.8 Å². The van der Waals surface area contributed by atoms with Crippen LogP contribution >= 0.6 is 0 Å². The standard InChI is InChI=1S/C11H14N2O3S/c1-3-12-17(15,16)9-4-5-10-8(6-9)7-11(14)13(10)2/h4-6,12H,3,7H2,1-2H3. The Hall–Kier alpha value is -1.40. The highest BCUT2D eigenvalue weighted by atomic mass is 32.2. The molecular formula is C11H14N2O3S. The lowest BCUT2D eigenvalue weighted by molar-refractivity contribution is -0.117. The monoisotopic (exact) mass is 254 g/mol. The van der Waals surface area contributed by atoms with Crippen LogP contribution < -0.4 is 9.62 Å². The number of hydrogen-bond donors (Lipinski definition) is 1. The number of benzene rings is 1. The maximum Gasteiger partial charge on any atom is 0.240 e. The summed E-state index contributed by atoms with van der Waals surface area (Å²) in [6.07, 6.45) is 0.265. The molecule has 1 aliphatic heterocycles. The van der Waals surface area contributed by atoms with E-state index in [1.165, 1.54) is 6.07 Å². The minimum Gasteiger partial charge on any atom is -0.315 e. The number of hydrogen-bond acceptors (Lipinski definition) is 3. The van der Waals surface area contributed by atoms with E-state index in [4.69, 9.17) is 0 Å². The average molecular weight is 254 g/mol. The molecule has 1 N–H and O–H groups in total. The second-order valence-electron chi connectivity index (χ2n) is 3.92. The molecule has 0 saturated heterocycles. The van der Waals surface area contributed by atoms with Crippen LogP contribution in [0.5, 0.6) is 0 Å². The van der Waals surface area contributed by atoms with Gasteiger partial charge in [-0.1, -0.05) is 6.92 Å². The Labute approximate surface area is 100 Å². The number of anilines is 1. The first kappa shape index (κ1) is 12.1. The number of carbonyl (C=O) groups is 1. The highest BCUT2D eigenvalue weighted by Crippen LogP contribution is 2.29. The molecule has 0 unspecified atom stereocenters.